The molecule has 16 heteroatoms. The van der Waals surface area contributed by atoms with Crippen LogP contribution < -0.4 is 0 Å². The Bertz CT molecular complexity index is 1230. The van der Waals surface area contributed by atoms with Crippen molar-refractivity contribution >= 4 is 27.6 Å². The highest BCUT2D eigenvalue weighted by Crippen LogP contribution is 2.43. The van der Waals surface area contributed by atoms with E-state index in [1.54, 1.807) is 6.08 Å². The van der Waals surface area contributed by atoms with Crippen molar-refractivity contribution in [2.24, 2.45) is 0 Å². The van der Waals surface area contributed by atoms with Crippen LogP contribution in [0.2, 0.25) is 0 Å². The van der Waals surface area contributed by atoms with E-state index in [4.69, 9.17) is 23.8 Å². The van der Waals surface area contributed by atoms with Crippen LogP contribution in [0.5, 0.6) is 0 Å². The zero-order valence-corrected chi connectivity index (χ0v) is 37.0. The molecule has 0 fully saturated rings. The summed E-state index contributed by atoms with van der Waals surface area (Å²) in [5.41, 5.74) is 0. The normalized spacial score (nSPS) is 15.1. The highest BCUT2D eigenvalue weighted by atomic mass is 31.2. The SMILES string of the molecule is CC/C=C/C/C=C/C=C/C(O)CCCCCCCC(=O)OC[C@H](COP(=O)(O)OC[C@@H](O)COP(=O)(O)O)OC(=O)CCCCCCC/C=C\CCCCCCCC. The fraction of sp³-hybridized carbons (Fsp3) is 0.762. The molecule has 0 aliphatic rings. The Kier molecular flexibility index (Phi) is 36.7. The van der Waals surface area contributed by atoms with E-state index >= 15 is 0 Å². The van der Waals surface area contributed by atoms with Gasteiger partial charge in [0.2, 0.25) is 0 Å². The van der Waals surface area contributed by atoms with Crippen molar-refractivity contribution in [3.63, 3.8) is 0 Å². The zero-order valence-electron chi connectivity index (χ0n) is 35.2. The topological polar surface area (TPSA) is 216 Å². The van der Waals surface area contributed by atoms with Crippen molar-refractivity contribution in [1.29, 1.82) is 0 Å². The standard InChI is InChI=1S/C42H76O14P2/c1-3-5-7-9-11-12-13-14-15-16-17-18-20-24-29-33-42(46)56-40(37-55-58(50,51)54-35-39(44)34-53-57(47,48)49)36-52-41(45)32-28-25-21-23-27-31-38(43)30-26-22-19-10-8-6-4-2/h6,8,14-15,19,22,26,30,38-40,43-44H,3-5,7,9-13,16-18,20-21,23-25,27-29,31-37H2,1-2H3,(H,50,51)(H2,47,48,49)/b8-6+,15-14-,22-19+,30-26+/t38?,39-,40+/m0/s1. The summed E-state index contributed by atoms with van der Waals surface area (Å²) in [5, 5.41) is 19.9. The van der Waals surface area contributed by atoms with Crippen molar-refractivity contribution in [3.05, 3.63) is 48.6 Å². The molecular formula is C42H76O14P2. The van der Waals surface area contributed by atoms with E-state index in [2.05, 4.69) is 47.2 Å². The van der Waals surface area contributed by atoms with Crippen LogP contribution in [-0.4, -0.2) is 81.6 Å². The van der Waals surface area contributed by atoms with Crippen molar-refractivity contribution < 1.29 is 66.7 Å². The number of carbonyl (C=O) groups excluding carboxylic acids is 2. The highest BCUT2D eigenvalue weighted by molar-refractivity contribution is 7.47. The second-order valence-corrected chi connectivity index (χ2v) is 17.1. The molecule has 338 valence electrons. The molecule has 0 aromatic rings. The summed E-state index contributed by atoms with van der Waals surface area (Å²) in [6, 6.07) is 0. The van der Waals surface area contributed by atoms with Gasteiger partial charge in [-0.15, -0.1) is 0 Å². The van der Waals surface area contributed by atoms with E-state index in [-0.39, 0.29) is 12.8 Å². The molecule has 4 atom stereocenters. The lowest BCUT2D eigenvalue weighted by Gasteiger charge is -2.20. The first-order valence-electron chi connectivity index (χ1n) is 21.4. The summed E-state index contributed by atoms with van der Waals surface area (Å²) in [5.74, 6) is -1.12. The fourth-order valence-corrected chi connectivity index (χ4v) is 6.68. The molecule has 0 aromatic heterocycles. The number of phosphoric ester groups is 2. The van der Waals surface area contributed by atoms with Gasteiger partial charge in [-0.05, 0) is 57.8 Å². The van der Waals surface area contributed by atoms with E-state index in [0.717, 1.165) is 77.0 Å². The molecule has 0 aliphatic carbocycles. The van der Waals surface area contributed by atoms with Crippen LogP contribution in [0, 0.1) is 0 Å². The van der Waals surface area contributed by atoms with Gasteiger partial charge in [0.25, 0.3) is 0 Å². The number of hydrogen-bond acceptors (Lipinski definition) is 11. The third-order valence-electron chi connectivity index (χ3n) is 8.80. The number of hydrogen-bond donors (Lipinski definition) is 5. The Morgan fingerprint density at radius 1 is 0.586 bits per heavy atom. The lowest BCUT2D eigenvalue weighted by molar-refractivity contribution is -0.161. The number of carbonyl (C=O) groups is 2. The molecule has 14 nitrogen and oxygen atoms in total. The predicted molar refractivity (Wildman–Crippen MR) is 227 cm³/mol. The van der Waals surface area contributed by atoms with Crippen LogP contribution in [0.15, 0.2) is 48.6 Å². The van der Waals surface area contributed by atoms with Crippen molar-refractivity contribution in [1.82, 2.24) is 0 Å². The molecule has 0 spiro atoms. The molecule has 0 amide bonds. The van der Waals surface area contributed by atoms with E-state index in [1.165, 1.54) is 38.5 Å². The number of rotatable bonds is 40. The average Bonchev–Trinajstić information content (AvgIpc) is 3.17. The number of ether oxygens (including phenoxy) is 2. The molecule has 5 N–H and O–H groups in total. The average molecular weight is 867 g/mol. The van der Waals surface area contributed by atoms with Gasteiger partial charge in [0.05, 0.1) is 25.9 Å². The molecule has 0 bridgehead atoms. The summed E-state index contributed by atoms with van der Waals surface area (Å²) in [4.78, 5) is 52.6. The maximum absolute atomic E-state index is 12.6. The van der Waals surface area contributed by atoms with Gasteiger partial charge in [0.1, 0.15) is 12.7 Å². The largest absolute Gasteiger partial charge is 0.472 e. The predicted octanol–water partition coefficient (Wildman–Crippen LogP) is 9.64. The van der Waals surface area contributed by atoms with Gasteiger partial charge in [-0.3, -0.25) is 23.2 Å². The number of aliphatic hydroxyl groups excluding tert-OH is 2. The summed E-state index contributed by atoms with van der Waals surface area (Å²) >= 11 is 0. The van der Waals surface area contributed by atoms with Crippen molar-refractivity contribution in [2.75, 3.05) is 26.4 Å². The van der Waals surface area contributed by atoms with Crippen LogP contribution in [0.25, 0.3) is 0 Å². The van der Waals surface area contributed by atoms with Gasteiger partial charge in [-0.1, -0.05) is 140 Å². The van der Waals surface area contributed by atoms with E-state index < -0.39 is 72.3 Å². The molecule has 0 saturated carbocycles. The van der Waals surface area contributed by atoms with Crippen molar-refractivity contribution in [3.8, 4) is 0 Å². The minimum absolute atomic E-state index is 0.100. The van der Waals surface area contributed by atoms with Crippen LogP contribution in [0.3, 0.4) is 0 Å². The van der Waals surface area contributed by atoms with Gasteiger partial charge in [-0.2, -0.15) is 0 Å². The first-order chi connectivity index (χ1) is 27.8. The Labute approximate surface area is 348 Å². The number of unbranched alkanes of at least 4 members (excludes halogenated alkanes) is 15. The van der Waals surface area contributed by atoms with E-state index in [1.807, 2.05) is 18.2 Å². The van der Waals surface area contributed by atoms with Gasteiger partial charge < -0.3 is 34.4 Å². The second-order valence-electron chi connectivity index (χ2n) is 14.4. The number of phosphoric acid groups is 2. The first kappa shape index (κ1) is 56.0. The van der Waals surface area contributed by atoms with Gasteiger partial charge >= 0.3 is 27.6 Å². The minimum Gasteiger partial charge on any atom is -0.462 e. The quantitative estimate of drug-likeness (QED) is 0.0127. The molecule has 0 rings (SSSR count). The molecule has 2 unspecified atom stereocenters. The van der Waals surface area contributed by atoms with Crippen LogP contribution in [0.4, 0.5) is 0 Å². The summed E-state index contributed by atoms with van der Waals surface area (Å²) in [7, 11) is -9.70. The molecule has 0 heterocycles. The van der Waals surface area contributed by atoms with Crippen LogP contribution >= 0.6 is 15.6 Å². The molecule has 0 radical (unpaired) electrons. The monoisotopic (exact) mass is 866 g/mol. The van der Waals surface area contributed by atoms with Gasteiger partial charge in [-0.25, -0.2) is 9.13 Å². The summed E-state index contributed by atoms with van der Waals surface area (Å²) in [6.07, 6.45) is 34.1. The maximum Gasteiger partial charge on any atom is 0.472 e. The highest BCUT2D eigenvalue weighted by Gasteiger charge is 2.28. The zero-order chi connectivity index (χ0) is 43.2. The Balaban J connectivity index is 4.62. The Morgan fingerprint density at radius 2 is 1.14 bits per heavy atom. The summed E-state index contributed by atoms with van der Waals surface area (Å²) < 4.78 is 47.7. The number of esters is 2. The van der Waals surface area contributed by atoms with Gasteiger partial charge in [0, 0.05) is 12.8 Å². The second kappa shape index (κ2) is 38.0. The maximum atomic E-state index is 12.6. The molecular weight excluding hydrogens is 790 g/mol. The van der Waals surface area contributed by atoms with E-state index in [0.29, 0.717) is 19.3 Å². The lowest BCUT2D eigenvalue weighted by Crippen LogP contribution is -2.30. The third-order valence-corrected chi connectivity index (χ3v) is 10.2. The fourth-order valence-electron chi connectivity index (χ4n) is 5.53. The molecule has 0 aliphatic heterocycles. The third kappa shape index (κ3) is 40.8. The number of allylic oxidation sites excluding steroid dienone is 7. The molecule has 0 aromatic carbocycles. The van der Waals surface area contributed by atoms with Crippen molar-refractivity contribution in [2.45, 2.75) is 180 Å². The smallest absolute Gasteiger partial charge is 0.462 e. The van der Waals surface area contributed by atoms with Crippen LogP contribution in [0.1, 0.15) is 162 Å². The van der Waals surface area contributed by atoms with E-state index in [9.17, 15) is 33.8 Å². The molecule has 58 heavy (non-hydrogen) atoms. The lowest BCUT2D eigenvalue weighted by atomic mass is 10.1. The Morgan fingerprint density at radius 3 is 1.76 bits per heavy atom. The number of aliphatic hydroxyl groups is 2. The minimum atomic E-state index is -4.87. The van der Waals surface area contributed by atoms with Gasteiger partial charge in [0.15, 0.2) is 6.10 Å². The first-order valence-corrected chi connectivity index (χ1v) is 24.5. The molecule has 0 saturated heterocycles. The summed E-state index contributed by atoms with van der Waals surface area (Å²) in [6.45, 7) is 1.50. The van der Waals surface area contributed by atoms with Crippen LogP contribution in [-0.2, 0) is 41.8 Å². The Hall–Kier alpha value is -1.96.